The minimum Gasteiger partial charge on any atom is -0.441 e. The number of aliphatic hydroxyl groups is 9. The maximum Gasteiger partial charge on any atom is 0.404 e. The van der Waals surface area contributed by atoms with E-state index in [1.165, 1.54) is 50.4 Å². The number of aromatic amines is 1. The molecular formula is C55H86N18O21S2. The van der Waals surface area contributed by atoms with E-state index in [0.29, 0.717) is 22.3 Å². The molecule has 0 saturated carbocycles. The van der Waals surface area contributed by atoms with Crippen LogP contribution in [0.3, 0.4) is 0 Å². The summed E-state index contributed by atoms with van der Waals surface area (Å²) in [5, 5.41) is 121. The molecule has 6 rings (SSSR count). The number of carbonyl (C=O) groups excluding carboxylic acids is 7. The SMILES string of the molecule is CNCCCNC(=O)c1csc(-c2csc(CCNC(=O)C(NC(O)C(C)C(O)C(C)NC(=O)C(C(OC3OC(CO)C(O)C(O)C3OC3OC(CO)C(O)C(OC(N)=O)C3O)c3cnc[nH]3)N(C)C(=O)c3nc(C(CC(N)=O)NCC(N)C(N)=O)nc(N)c3C)C(C)O)n2)n1. The first-order valence-corrected chi connectivity index (χ1v) is 31.9. The zero-order valence-corrected chi connectivity index (χ0v) is 54.7. The number of primary amides is 3. The Labute approximate surface area is 556 Å². The maximum atomic E-state index is 15.4. The quantitative estimate of drug-likeness (QED) is 0.0149. The number of aliphatic hydroxyl groups excluding tert-OH is 9. The molecule has 2 saturated heterocycles. The summed E-state index contributed by atoms with van der Waals surface area (Å²) >= 11 is 2.53. The van der Waals surface area contributed by atoms with Crippen LogP contribution in [0.15, 0.2) is 23.3 Å². The van der Waals surface area contributed by atoms with Crippen LogP contribution in [0.1, 0.15) is 88.8 Å². The summed E-state index contributed by atoms with van der Waals surface area (Å²) < 4.78 is 29.0. The van der Waals surface area contributed by atoms with Gasteiger partial charge in [-0.25, -0.2) is 29.7 Å². The van der Waals surface area contributed by atoms with Gasteiger partial charge in [0.15, 0.2) is 18.7 Å². The van der Waals surface area contributed by atoms with Gasteiger partial charge in [0.05, 0.1) is 66.8 Å². The number of ether oxygens (including phenoxy) is 5. The Bertz CT molecular complexity index is 3230. The van der Waals surface area contributed by atoms with Crippen LogP contribution in [0, 0.1) is 12.8 Å². The van der Waals surface area contributed by atoms with Gasteiger partial charge in [-0.05, 0) is 40.8 Å². The highest BCUT2D eigenvalue weighted by atomic mass is 32.1. The molecule has 2 aliphatic heterocycles. The van der Waals surface area contributed by atoms with Gasteiger partial charge in [-0.1, -0.05) is 6.92 Å². The minimum absolute atomic E-state index is 0.0208. The first kappa shape index (κ1) is 77.8. The fourth-order valence-electron chi connectivity index (χ4n) is 10.1. The summed E-state index contributed by atoms with van der Waals surface area (Å²) in [4.78, 5) is 118. The monoisotopic (exact) mass is 1400 g/mol. The smallest absolute Gasteiger partial charge is 0.404 e. The minimum atomic E-state index is -2.19. The number of aromatic nitrogens is 6. The van der Waals surface area contributed by atoms with Gasteiger partial charge in [-0.2, -0.15) is 0 Å². The zero-order chi connectivity index (χ0) is 71.0. The molecule has 0 aromatic carbocycles. The molecule has 20 unspecified atom stereocenters. The lowest BCUT2D eigenvalue weighted by molar-refractivity contribution is -0.372. The summed E-state index contributed by atoms with van der Waals surface area (Å²) in [5.41, 5.74) is 28.3. The fraction of sp³-hybridized carbons (Fsp3) is 0.636. The highest BCUT2D eigenvalue weighted by Gasteiger charge is 2.54. The van der Waals surface area contributed by atoms with Gasteiger partial charge in [0.1, 0.15) is 101 Å². The first-order valence-electron chi connectivity index (χ1n) is 30.1. The third-order valence-corrected chi connectivity index (χ3v) is 17.5. The second-order valence-electron chi connectivity index (χ2n) is 22.8. The molecule has 26 N–H and O–H groups in total. The number of likely N-dealkylation sites (N-methyl/N-ethyl adjacent to an activating group) is 1. The van der Waals surface area contributed by atoms with Crippen molar-refractivity contribution in [2.24, 2.45) is 28.9 Å². The molecule has 6 heterocycles. The predicted molar refractivity (Wildman–Crippen MR) is 334 cm³/mol. The number of carbonyl (C=O) groups is 7. The molecule has 20 atom stereocenters. The van der Waals surface area contributed by atoms with Crippen molar-refractivity contribution in [1.82, 2.24) is 66.7 Å². The van der Waals surface area contributed by atoms with E-state index >= 15 is 9.59 Å². The van der Waals surface area contributed by atoms with Gasteiger partial charge in [-0.3, -0.25) is 34.1 Å². The Balaban J connectivity index is 1.29. The Hall–Kier alpha value is -7.24. The standard InChI is InChI=1S/C55H86N18O21S2/c1-20-33(70-46(72-44(20)58)25(12-31(57)77)65-13-24(56)45(59)83)52(88)73(6)35(41(26-14-62-19-66-26)92-54-43(39(81)37(79)29(15-74)91-54)93-53-40(82)42(94-55(60)89)38(80)30(16-75)90-53)50(87)67-22(3)36(78)21(2)47(84)71-34(23(4)76)49(86)64-11-8-32-68-28(18-95-32)51-69-27(17-96-51)48(85)63-10-7-9-61-5/h14,17-19,21-25,29-30,34-43,47,53-54,61,65,71,74-76,78-82,84H,7-13,15-16,56H2,1-6H3,(H2,57,77)(H2,59,83)(H2,60,89)(H,62,66)(H,63,85)(H,64,86)(H,67,87)(H2,58,70,72). The normalized spacial score (nSPS) is 24.4. The van der Waals surface area contributed by atoms with Crippen LogP contribution in [0.25, 0.3) is 10.7 Å². The van der Waals surface area contributed by atoms with Crippen molar-refractivity contribution < 1.29 is 103 Å². The third-order valence-electron chi connectivity index (χ3n) is 15.7. The molecule has 39 nitrogen and oxygen atoms in total. The number of nitrogens with zero attached hydrogens (tertiary/aromatic N) is 6. The summed E-state index contributed by atoms with van der Waals surface area (Å²) in [6.07, 6.45) is -25.8. The topological polar surface area (TPSA) is 633 Å². The molecule has 0 spiro atoms. The number of anilines is 1. The molecule has 0 radical (unpaired) electrons. The lowest BCUT2D eigenvalue weighted by atomic mass is 9.95. The highest BCUT2D eigenvalue weighted by Crippen LogP contribution is 2.36. The van der Waals surface area contributed by atoms with Crippen molar-refractivity contribution in [3.8, 4) is 10.7 Å². The molecule has 0 bridgehead atoms. The van der Waals surface area contributed by atoms with E-state index < -0.39 is 183 Å². The Morgan fingerprint density at radius 1 is 0.833 bits per heavy atom. The molecule has 96 heavy (non-hydrogen) atoms. The van der Waals surface area contributed by atoms with Crippen LogP contribution >= 0.6 is 22.7 Å². The summed E-state index contributed by atoms with van der Waals surface area (Å²) in [6.45, 7) is 4.12. The van der Waals surface area contributed by atoms with E-state index in [1.807, 2.05) is 7.05 Å². The van der Waals surface area contributed by atoms with Crippen LogP contribution in [0.4, 0.5) is 10.6 Å². The van der Waals surface area contributed by atoms with Crippen LogP contribution in [-0.4, -0.2) is 280 Å². The van der Waals surface area contributed by atoms with Gasteiger partial charge in [0, 0.05) is 61.8 Å². The molecule has 2 aliphatic rings. The molecule has 4 aromatic heterocycles. The molecule has 0 aliphatic carbocycles. The summed E-state index contributed by atoms with van der Waals surface area (Å²) in [7, 11) is 2.90. The van der Waals surface area contributed by atoms with E-state index in [2.05, 4.69) is 61.8 Å². The number of hydrogen-bond acceptors (Lipinski definition) is 33. The van der Waals surface area contributed by atoms with E-state index in [1.54, 1.807) is 10.8 Å². The number of nitrogens with two attached hydrogens (primary N) is 5. The van der Waals surface area contributed by atoms with E-state index in [9.17, 15) is 69.9 Å². The zero-order valence-electron chi connectivity index (χ0n) is 53.0. The number of thiazole rings is 2. The van der Waals surface area contributed by atoms with Gasteiger partial charge in [-0.15, -0.1) is 22.7 Å². The number of H-pyrrole nitrogens is 1. The van der Waals surface area contributed by atoms with E-state index in [0.717, 1.165) is 37.4 Å². The number of amides is 7. The first-order chi connectivity index (χ1) is 45.4. The van der Waals surface area contributed by atoms with Crippen LogP contribution < -0.4 is 60.6 Å². The predicted octanol–water partition coefficient (Wildman–Crippen LogP) is -8.23. The van der Waals surface area contributed by atoms with Crippen molar-refractivity contribution in [3.63, 3.8) is 0 Å². The van der Waals surface area contributed by atoms with Gasteiger partial charge in [0.2, 0.25) is 23.6 Å². The lowest BCUT2D eigenvalue weighted by Crippen LogP contribution is -2.65. The third kappa shape index (κ3) is 20.0. The van der Waals surface area contributed by atoms with Crippen molar-refractivity contribution in [1.29, 1.82) is 0 Å². The molecule has 41 heteroatoms. The highest BCUT2D eigenvalue weighted by molar-refractivity contribution is 7.14. The number of hydrogen-bond donors (Lipinski definition) is 21. The van der Waals surface area contributed by atoms with Crippen molar-refractivity contribution in [2.75, 3.05) is 59.2 Å². The van der Waals surface area contributed by atoms with Gasteiger partial charge in [0.25, 0.3) is 11.8 Å². The van der Waals surface area contributed by atoms with Crippen LogP contribution in [0.2, 0.25) is 0 Å². The number of imidazole rings is 1. The summed E-state index contributed by atoms with van der Waals surface area (Å²) in [6, 6.07) is -7.61. The van der Waals surface area contributed by atoms with Gasteiger partial charge < -0.3 is 135 Å². The number of rotatable bonds is 36. The van der Waals surface area contributed by atoms with Crippen LogP contribution in [-0.2, 0) is 49.3 Å². The van der Waals surface area contributed by atoms with E-state index in [4.69, 9.17) is 52.4 Å². The molecule has 534 valence electrons. The molecular weight excluding hydrogens is 1310 g/mol. The molecule has 4 aromatic rings. The molecule has 2 fully saturated rings. The van der Waals surface area contributed by atoms with Crippen molar-refractivity contribution in [2.45, 2.75) is 163 Å². The largest absolute Gasteiger partial charge is 0.441 e. The average Bonchev–Trinajstić information content (AvgIpc) is 0.794. The lowest BCUT2D eigenvalue weighted by Gasteiger charge is -2.47. The number of nitrogens with one attached hydrogen (secondary N) is 7. The second-order valence-corrected chi connectivity index (χ2v) is 24.6. The Kier molecular flexibility index (Phi) is 29.0. The van der Waals surface area contributed by atoms with Crippen molar-refractivity contribution >= 4 is 70.0 Å². The summed E-state index contributed by atoms with van der Waals surface area (Å²) in [5.74, 6) is -7.25. The van der Waals surface area contributed by atoms with Crippen molar-refractivity contribution in [3.05, 3.63) is 56.8 Å². The van der Waals surface area contributed by atoms with Crippen LogP contribution in [0.5, 0.6) is 0 Å². The fourth-order valence-corrected chi connectivity index (χ4v) is 11.7. The maximum absolute atomic E-state index is 15.4. The molecule has 7 amide bonds. The van der Waals surface area contributed by atoms with E-state index in [-0.39, 0.29) is 54.0 Å². The number of nitrogen functional groups attached to an aromatic ring is 1. The second kappa shape index (κ2) is 35.8. The Morgan fingerprint density at radius 2 is 1.52 bits per heavy atom. The Morgan fingerprint density at radius 3 is 2.15 bits per heavy atom. The average molecular weight is 1400 g/mol. The van der Waals surface area contributed by atoms with Gasteiger partial charge >= 0.3 is 6.09 Å².